The van der Waals surface area contributed by atoms with Crippen LogP contribution in [0.25, 0.3) is 10.9 Å². The Hall–Kier alpha value is -3.56. The van der Waals surface area contributed by atoms with E-state index in [4.69, 9.17) is 0 Å². The molecule has 3 aromatic rings. The van der Waals surface area contributed by atoms with Crippen LogP contribution in [-0.2, 0) is 11.8 Å². The Kier molecular flexibility index (Phi) is 10.2. The normalized spacial score (nSPS) is 20.0. The van der Waals surface area contributed by atoms with Crippen molar-refractivity contribution in [1.29, 1.82) is 0 Å². The number of hydrogen-bond acceptors (Lipinski definition) is 10. The molecular formula is C31H41F2N9O3S. The Morgan fingerprint density at radius 1 is 1.07 bits per heavy atom. The number of rotatable bonds is 11. The van der Waals surface area contributed by atoms with Gasteiger partial charge in [0.1, 0.15) is 0 Å². The molecule has 6 rings (SSSR count). The second-order valence-corrected chi connectivity index (χ2v) is 13.8. The summed E-state index contributed by atoms with van der Waals surface area (Å²) >= 11 is 1.94. The Bertz CT molecular complexity index is 1510. The number of fused-ring (bicyclic) bond motifs is 1. The fraction of sp³-hybridized carbons (Fsp3) is 0.581. The van der Waals surface area contributed by atoms with Crippen molar-refractivity contribution in [1.82, 2.24) is 34.3 Å². The molecule has 248 valence electrons. The first kappa shape index (κ1) is 32.4. The van der Waals surface area contributed by atoms with E-state index in [2.05, 4.69) is 64.8 Å². The number of anilines is 2. The van der Waals surface area contributed by atoms with Crippen LogP contribution in [-0.4, -0.2) is 98.1 Å². The largest absolute Gasteiger partial charge is 0.432 e. The lowest BCUT2D eigenvalue weighted by Gasteiger charge is -2.35. The summed E-state index contributed by atoms with van der Waals surface area (Å²) in [6.07, 6.45) is 8.08. The smallest absolute Gasteiger partial charge is 0.387 e. The minimum atomic E-state index is -2.89. The van der Waals surface area contributed by atoms with Gasteiger partial charge in [-0.1, -0.05) is 24.9 Å². The number of piperidine rings is 2. The van der Waals surface area contributed by atoms with E-state index in [0.29, 0.717) is 29.5 Å². The number of aromatic nitrogens is 4. The minimum Gasteiger partial charge on any atom is -0.432 e. The molecular weight excluding hydrogens is 616 g/mol. The number of urea groups is 1. The molecule has 0 radical (unpaired) electrons. The standard InChI is InChI=1S/C31H41F2N9O3S/c1-20(46-41-14-8-23(9-15-41)36-30-34-18-24(19-35-30)45-29(32)33)5-11-40-12-6-21(7-13-40)22-3-4-25-26(17-22)39(2)38-28(25)42-16-10-27(43)37-31(42)44/h3-4,17-21,23,29H,5-16H2,1-2H3,(H,34,35,36)(H,37,43,44). The van der Waals surface area contributed by atoms with Crippen molar-refractivity contribution in [3.8, 4) is 5.75 Å². The van der Waals surface area contributed by atoms with Gasteiger partial charge in [-0.15, -0.1) is 0 Å². The van der Waals surface area contributed by atoms with Gasteiger partial charge < -0.3 is 15.0 Å². The van der Waals surface area contributed by atoms with Crippen molar-refractivity contribution in [3.63, 3.8) is 0 Å². The van der Waals surface area contributed by atoms with Crippen LogP contribution in [0, 0.1) is 0 Å². The van der Waals surface area contributed by atoms with Crippen LogP contribution >= 0.6 is 11.9 Å². The number of carbonyl (C=O) groups is 2. The van der Waals surface area contributed by atoms with E-state index in [1.807, 2.05) is 23.7 Å². The summed E-state index contributed by atoms with van der Waals surface area (Å²) in [7, 11) is 1.90. The quantitative estimate of drug-likeness (QED) is 0.283. The Morgan fingerprint density at radius 2 is 1.80 bits per heavy atom. The molecule has 3 amide bonds. The van der Waals surface area contributed by atoms with Crippen LogP contribution in [0.2, 0.25) is 0 Å². The lowest BCUT2D eigenvalue weighted by molar-refractivity contribution is -0.120. The highest BCUT2D eigenvalue weighted by molar-refractivity contribution is 7.97. The van der Waals surface area contributed by atoms with Gasteiger partial charge in [0, 0.05) is 49.8 Å². The molecule has 15 heteroatoms. The maximum Gasteiger partial charge on any atom is 0.387 e. The van der Waals surface area contributed by atoms with E-state index in [1.54, 1.807) is 4.90 Å². The number of imide groups is 1. The molecule has 5 heterocycles. The van der Waals surface area contributed by atoms with Gasteiger partial charge in [0.05, 0.1) is 17.9 Å². The topological polar surface area (TPSA) is 121 Å². The molecule has 46 heavy (non-hydrogen) atoms. The van der Waals surface area contributed by atoms with Crippen LogP contribution < -0.4 is 20.3 Å². The number of nitrogens with one attached hydrogen (secondary N) is 2. The van der Waals surface area contributed by atoms with Crippen LogP contribution in [0.1, 0.15) is 56.9 Å². The molecule has 3 fully saturated rings. The molecule has 1 aromatic carbocycles. The van der Waals surface area contributed by atoms with Gasteiger partial charge in [-0.25, -0.2) is 14.8 Å². The van der Waals surface area contributed by atoms with Gasteiger partial charge >= 0.3 is 12.6 Å². The van der Waals surface area contributed by atoms with Crippen molar-refractivity contribution in [3.05, 3.63) is 36.2 Å². The summed E-state index contributed by atoms with van der Waals surface area (Å²) in [6, 6.07) is 6.29. The Labute approximate surface area is 271 Å². The second-order valence-electron chi connectivity index (χ2n) is 12.3. The van der Waals surface area contributed by atoms with Gasteiger partial charge in [-0.3, -0.25) is 24.0 Å². The van der Waals surface area contributed by atoms with Crippen molar-refractivity contribution in [2.75, 3.05) is 49.5 Å². The van der Waals surface area contributed by atoms with E-state index in [-0.39, 0.29) is 24.1 Å². The number of benzene rings is 1. The number of alkyl halides is 2. The van der Waals surface area contributed by atoms with Gasteiger partial charge in [-0.2, -0.15) is 13.9 Å². The average molecular weight is 658 g/mol. The molecule has 12 nitrogen and oxygen atoms in total. The SMILES string of the molecule is CC(CCN1CCC(c2ccc3c(N4CCC(=O)NC4=O)nn(C)c3c2)CC1)SN1CCC(Nc2ncc(OC(F)F)cn2)CC1. The summed E-state index contributed by atoms with van der Waals surface area (Å²) in [5.41, 5.74) is 2.31. The molecule has 3 aliphatic heterocycles. The number of nitrogens with zero attached hydrogens (tertiary/aromatic N) is 7. The van der Waals surface area contributed by atoms with Crippen molar-refractivity contribution in [2.24, 2.45) is 7.05 Å². The molecule has 0 aliphatic carbocycles. The molecule has 2 aromatic heterocycles. The summed E-state index contributed by atoms with van der Waals surface area (Å²) in [5.74, 6) is 1.22. The van der Waals surface area contributed by atoms with E-state index < -0.39 is 12.6 Å². The van der Waals surface area contributed by atoms with Crippen LogP contribution in [0.3, 0.4) is 0 Å². The first-order chi connectivity index (χ1) is 22.2. The molecule has 0 saturated carbocycles. The van der Waals surface area contributed by atoms with Gasteiger partial charge in [0.15, 0.2) is 11.6 Å². The maximum atomic E-state index is 12.4. The number of hydrogen-bond donors (Lipinski definition) is 2. The van der Waals surface area contributed by atoms with E-state index >= 15 is 0 Å². The lowest BCUT2D eigenvalue weighted by atomic mass is 9.89. The van der Waals surface area contributed by atoms with Crippen molar-refractivity contribution >= 4 is 46.6 Å². The second kappa shape index (κ2) is 14.5. The molecule has 0 bridgehead atoms. The predicted molar refractivity (Wildman–Crippen MR) is 173 cm³/mol. The highest BCUT2D eigenvalue weighted by atomic mass is 32.2. The third-order valence-corrected chi connectivity index (χ3v) is 10.3. The van der Waals surface area contributed by atoms with E-state index in [9.17, 15) is 18.4 Å². The summed E-state index contributed by atoms with van der Waals surface area (Å²) in [6.45, 7) is 4.94. The number of halogens is 2. The highest BCUT2D eigenvalue weighted by Crippen LogP contribution is 2.34. The Balaban J connectivity index is 0.914. The molecule has 1 atom stereocenters. The van der Waals surface area contributed by atoms with E-state index in [0.717, 1.165) is 75.7 Å². The van der Waals surface area contributed by atoms with E-state index in [1.165, 1.54) is 18.0 Å². The van der Waals surface area contributed by atoms with Gasteiger partial charge in [0.2, 0.25) is 11.9 Å². The Morgan fingerprint density at radius 3 is 2.50 bits per heavy atom. The number of likely N-dealkylation sites (tertiary alicyclic amines) is 1. The first-order valence-electron chi connectivity index (χ1n) is 16.0. The van der Waals surface area contributed by atoms with Crippen LogP contribution in [0.4, 0.5) is 25.3 Å². The molecule has 3 aliphatic rings. The fourth-order valence-corrected chi connectivity index (χ4v) is 7.62. The zero-order valence-corrected chi connectivity index (χ0v) is 27.0. The molecule has 2 N–H and O–H groups in total. The monoisotopic (exact) mass is 657 g/mol. The summed E-state index contributed by atoms with van der Waals surface area (Å²) in [5, 5.41) is 11.8. The third kappa shape index (κ3) is 7.86. The minimum absolute atomic E-state index is 0.0464. The number of aryl methyl sites for hydroxylation is 1. The summed E-state index contributed by atoms with van der Waals surface area (Å²) < 4.78 is 33.2. The zero-order valence-electron chi connectivity index (χ0n) is 26.2. The van der Waals surface area contributed by atoms with Gasteiger partial charge in [-0.05, 0) is 75.4 Å². The number of carbonyl (C=O) groups excluding carboxylic acids is 2. The number of amides is 3. The van der Waals surface area contributed by atoms with Crippen LogP contribution in [0.15, 0.2) is 30.6 Å². The van der Waals surface area contributed by atoms with Crippen molar-refractivity contribution in [2.45, 2.75) is 69.3 Å². The average Bonchev–Trinajstić information content (AvgIpc) is 3.37. The molecule has 0 spiro atoms. The number of ether oxygens (including phenoxy) is 1. The summed E-state index contributed by atoms with van der Waals surface area (Å²) in [4.78, 5) is 36.3. The van der Waals surface area contributed by atoms with Crippen molar-refractivity contribution < 1.29 is 23.1 Å². The molecule has 3 saturated heterocycles. The highest BCUT2D eigenvalue weighted by Gasteiger charge is 2.29. The maximum absolute atomic E-state index is 12.4. The predicted octanol–water partition coefficient (Wildman–Crippen LogP) is 4.59. The van der Waals surface area contributed by atoms with Crippen LogP contribution in [0.5, 0.6) is 5.75 Å². The fourth-order valence-electron chi connectivity index (χ4n) is 6.48. The lowest BCUT2D eigenvalue weighted by Crippen LogP contribution is -2.49. The first-order valence-corrected chi connectivity index (χ1v) is 16.8. The zero-order chi connectivity index (χ0) is 32.2. The molecule has 1 unspecified atom stereocenters. The van der Waals surface area contributed by atoms with Gasteiger partial charge in [0.25, 0.3) is 0 Å². The third-order valence-electron chi connectivity index (χ3n) is 9.05.